The van der Waals surface area contributed by atoms with Crippen LogP contribution >= 0.6 is 0 Å². The van der Waals surface area contributed by atoms with Crippen LogP contribution in [0.4, 0.5) is 5.69 Å². The first-order valence-electron chi connectivity index (χ1n) is 9.50. The van der Waals surface area contributed by atoms with Gasteiger partial charge in [0.05, 0.1) is 0 Å². The van der Waals surface area contributed by atoms with Gasteiger partial charge in [0, 0.05) is 43.0 Å². The first kappa shape index (κ1) is 17.1. The fourth-order valence-electron chi connectivity index (χ4n) is 4.47. The first-order valence-corrected chi connectivity index (χ1v) is 9.50. The SMILES string of the molecule is CCCN1CC2(CCOCC2)c2ccc(-c3cccc(C(N)=O)c3)cc21. The third kappa shape index (κ3) is 2.88. The summed E-state index contributed by atoms with van der Waals surface area (Å²) in [6, 6.07) is 14.3. The Morgan fingerprint density at radius 1 is 1.15 bits per heavy atom. The molecule has 0 unspecified atom stereocenters. The largest absolute Gasteiger partial charge is 0.381 e. The minimum absolute atomic E-state index is 0.232. The molecular weight excluding hydrogens is 324 g/mol. The van der Waals surface area contributed by atoms with Crippen LogP contribution in [-0.2, 0) is 10.2 Å². The van der Waals surface area contributed by atoms with Crippen molar-refractivity contribution in [3.05, 3.63) is 53.6 Å². The van der Waals surface area contributed by atoms with Crippen LogP contribution in [0.15, 0.2) is 42.5 Å². The van der Waals surface area contributed by atoms with E-state index in [1.807, 2.05) is 18.2 Å². The molecular formula is C22H26N2O2. The Morgan fingerprint density at radius 3 is 2.65 bits per heavy atom. The lowest BCUT2D eigenvalue weighted by Crippen LogP contribution is -2.38. The van der Waals surface area contributed by atoms with E-state index in [0.717, 1.165) is 56.7 Å². The van der Waals surface area contributed by atoms with Gasteiger partial charge in [0.1, 0.15) is 0 Å². The lowest BCUT2D eigenvalue weighted by molar-refractivity contribution is 0.0553. The number of carbonyl (C=O) groups is 1. The lowest BCUT2D eigenvalue weighted by atomic mass is 9.75. The summed E-state index contributed by atoms with van der Waals surface area (Å²) >= 11 is 0. The molecule has 1 saturated heterocycles. The number of hydrogen-bond donors (Lipinski definition) is 1. The zero-order valence-corrected chi connectivity index (χ0v) is 15.3. The summed E-state index contributed by atoms with van der Waals surface area (Å²) in [5.41, 5.74) is 11.2. The van der Waals surface area contributed by atoms with Crippen molar-refractivity contribution in [2.45, 2.75) is 31.6 Å². The molecule has 1 spiro atoms. The van der Waals surface area contributed by atoms with E-state index in [0.29, 0.717) is 5.56 Å². The van der Waals surface area contributed by atoms with Gasteiger partial charge in [-0.05, 0) is 54.2 Å². The van der Waals surface area contributed by atoms with E-state index in [9.17, 15) is 4.79 Å². The van der Waals surface area contributed by atoms with E-state index in [-0.39, 0.29) is 11.3 Å². The quantitative estimate of drug-likeness (QED) is 0.914. The maximum atomic E-state index is 11.5. The number of benzene rings is 2. The molecule has 2 heterocycles. The Hall–Kier alpha value is -2.33. The van der Waals surface area contributed by atoms with E-state index < -0.39 is 0 Å². The van der Waals surface area contributed by atoms with Gasteiger partial charge in [-0.15, -0.1) is 0 Å². The van der Waals surface area contributed by atoms with Crippen molar-refractivity contribution < 1.29 is 9.53 Å². The summed E-state index contributed by atoms with van der Waals surface area (Å²) in [6.07, 6.45) is 3.32. The number of primary amides is 1. The normalized spacial score (nSPS) is 18.1. The van der Waals surface area contributed by atoms with E-state index in [1.54, 1.807) is 6.07 Å². The van der Waals surface area contributed by atoms with Gasteiger partial charge in [-0.2, -0.15) is 0 Å². The average Bonchev–Trinajstić information content (AvgIpc) is 2.95. The summed E-state index contributed by atoms with van der Waals surface area (Å²) in [7, 11) is 0. The van der Waals surface area contributed by atoms with Crippen molar-refractivity contribution in [1.29, 1.82) is 0 Å². The van der Waals surface area contributed by atoms with Crippen molar-refractivity contribution >= 4 is 11.6 Å². The number of ether oxygens (including phenoxy) is 1. The summed E-state index contributed by atoms with van der Waals surface area (Å²) in [5.74, 6) is -0.387. The van der Waals surface area contributed by atoms with Gasteiger partial charge in [0.25, 0.3) is 0 Å². The minimum atomic E-state index is -0.387. The van der Waals surface area contributed by atoms with Gasteiger partial charge < -0.3 is 15.4 Å². The van der Waals surface area contributed by atoms with Crippen LogP contribution in [0.1, 0.15) is 42.1 Å². The van der Waals surface area contributed by atoms with Crippen molar-refractivity contribution in [2.24, 2.45) is 5.73 Å². The van der Waals surface area contributed by atoms with E-state index in [1.165, 1.54) is 11.3 Å². The fraction of sp³-hybridized carbons (Fsp3) is 0.409. The van der Waals surface area contributed by atoms with Crippen molar-refractivity contribution in [3.63, 3.8) is 0 Å². The molecule has 2 aliphatic rings. The molecule has 4 heteroatoms. The first-order chi connectivity index (χ1) is 12.6. The van der Waals surface area contributed by atoms with Gasteiger partial charge in [0.2, 0.25) is 5.91 Å². The highest BCUT2D eigenvalue weighted by Gasteiger charge is 2.43. The van der Waals surface area contributed by atoms with E-state index in [4.69, 9.17) is 10.5 Å². The van der Waals surface area contributed by atoms with Crippen LogP contribution in [0.3, 0.4) is 0 Å². The van der Waals surface area contributed by atoms with Crippen molar-refractivity contribution in [3.8, 4) is 11.1 Å². The van der Waals surface area contributed by atoms with Crippen LogP contribution in [-0.4, -0.2) is 32.2 Å². The number of fused-ring (bicyclic) bond motifs is 2. The van der Waals surface area contributed by atoms with Crippen LogP contribution < -0.4 is 10.6 Å². The molecule has 2 aliphatic heterocycles. The number of anilines is 1. The summed E-state index contributed by atoms with van der Waals surface area (Å²) < 4.78 is 5.63. The van der Waals surface area contributed by atoms with Crippen LogP contribution in [0.25, 0.3) is 11.1 Å². The maximum Gasteiger partial charge on any atom is 0.248 e. The molecule has 1 amide bonds. The Bertz CT molecular complexity index is 825. The molecule has 0 atom stereocenters. The molecule has 4 rings (SSSR count). The van der Waals surface area contributed by atoms with E-state index >= 15 is 0 Å². The third-order valence-corrected chi connectivity index (χ3v) is 5.83. The number of hydrogen-bond acceptors (Lipinski definition) is 3. The van der Waals surface area contributed by atoms with Crippen molar-refractivity contribution in [1.82, 2.24) is 0 Å². The summed E-state index contributed by atoms with van der Waals surface area (Å²) in [5, 5.41) is 0. The molecule has 2 aromatic carbocycles. The van der Waals surface area contributed by atoms with E-state index in [2.05, 4.69) is 30.0 Å². The van der Waals surface area contributed by atoms with Gasteiger partial charge in [-0.3, -0.25) is 4.79 Å². The number of nitrogens with zero attached hydrogens (tertiary/aromatic N) is 1. The summed E-state index contributed by atoms with van der Waals surface area (Å²) in [6.45, 7) is 6.09. The second kappa shape index (κ2) is 6.76. The Labute approximate surface area is 155 Å². The smallest absolute Gasteiger partial charge is 0.248 e. The standard InChI is InChI=1S/C22H26N2O2/c1-2-10-24-15-22(8-11-26-12-9-22)19-7-6-17(14-20(19)24)16-4-3-5-18(13-16)21(23)25/h3-7,13-14H,2,8-12,15H2,1H3,(H2,23,25). The predicted molar refractivity (Wildman–Crippen MR) is 105 cm³/mol. The highest BCUT2D eigenvalue weighted by Crippen LogP contribution is 2.47. The maximum absolute atomic E-state index is 11.5. The topological polar surface area (TPSA) is 55.6 Å². The van der Waals surface area contributed by atoms with Crippen molar-refractivity contribution in [2.75, 3.05) is 31.2 Å². The Kier molecular flexibility index (Phi) is 4.45. The molecule has 1 fully saturated rings. The second-order valence-electron chi connectivity index (χ2n) is 7.49. The minimum Gasteiger partial charge on any atom is -0.381 e. The van der Waals surface area contributed by atoms with Crippen LogP contribution in [0, 0.1) is 0 Å². The number of nitrogens with two attached hydrogens (primary N) is 1. The molecule has 2 aromatic rings. The Balaban J connectivity index is 1.76. The van der Waals surface area contributed by atoms with Gasteiger partial charge in [-0.25, -0.2) is 0 Å². The van der Waals surface area contributed by atoms with Gasteiger partial charge in [0.15, 0.2) is 0 Å². The molecule has 0 saturated carbocycles. The zero-order valence-electron chi connectivity index (χ0n) is 15.3. The highest BCUT2D eigenvalue weighted by molar-refractivity contribution is 5.94. The molecule has 0 aliphatic carbocycles. The zero-order chi connectivity index (χ0) is 18.1. The third-order valence-electron chi connectivity index (χ3n) is 5.83. The second-order valence-corrected chi connectivity index (χ2v) is 7.49. The number of carbonyl (C=O) groups excluding carboxylic acids is 1. The molecule has 4 nitrogen and oxygen atoms in total. The molecule has 2 N–H and O–H groups in total. The molecule has 136 valence electrons. The van der Waals surface area contributed by atoms with Crippen LogP contribution in [0.5, 0.6) is 0 Å². The number of rotatable bonds is 4. The molecule has 26 heavy (non-hydrogen) atoms. The van der Waals surface area contributed by atoms with Crippen LogP contribution in [0.2, 0.25) is 0 Å². The molecule has 0 bridgehead atoms. The monoisotopic (exact) mass is 350 g/mol. The highest BCUT2D eigenvalue weighted by atomic mass is 16.5. The predicted octanol–water partition coefficient (Wildman–Crippen LogP) is 3.73. The summed E-state index contributed by atoms with van der Waals surface area (Å²) in [4.78, 5) is 14.0. The fourth-order valence-corrected chi connectivity index (χ4v) is 4.47. The lowest BCUT2D eigenvalue weighted by Gasteiger charge is -2.34. The molecule has 0 aromatic heterocycles. The van der Waals surface area contributed by atoms with Gasteiger partial charge >= 0.3 is 0 Å². The molecule has 0 radical (unpaired) electrons. The number of amides is 1. The average molecular weight is 350 g/mol. The van der Waals surface area contributed by atoms with Gasteiger partial charge in [-0.1, -0.05) is 31.2 Å². The Morgan fingerprint density at radius 2 is 1.92 bits per heavy atom.